The van der Waals surface area contributed by atoms with Crippen molar-refractivity contribution in [2.24, 2.45) is 11.8 Å². The van der Waals surface area contributed by atoms with Crippen LogP contribution in [0.4, 0.5) is 0 Å². The average molecular weight is 324 g/mol. The summed E-state index contributed by atoms with van der Waals surface area (Å²) in [6, 6.07) is 1.12. The number of hydrogen-bond acceptors (Lipinski definition) is 7. The Morgan fingerprint density at radius 3 is 2.57 bits per heavy atom. The first kappa shape index (κ1) is 16.0. The summed E-state index contributed by atoms with van der Waals surface area (Å²) < 4.78 is 4.95. The highest BCUT2D eigenvalue weighted by molar-refractivity contribution is 6.04. The van der Waals surface area contributed by atoms with Crippen LogP contribution in [0.15, 0.2) is 6.07 Å². The third kappa shape index (κ3) is 2.19. The van der Waals surface area contributed by atoms with E-state index in [1.807, 2.05) is 0 Å². The van der Waals surface area contributed by atoms with Crippen LogP contribution < -0.4 is 4.74 Å². The summed E-state index contributed by atoms with van der Waals surface area (Å²) in [4.78, 5) is 12.7. The molecule has 126 valence electrons. The van der Waals surface area contributed by atoms with Crippen molar-refractivity contribution in [1.82, 2.24) is 0 Å². The molecule has 5 atom stereocenters. The Kier molecular flexibility index (Phi) is 3.55. The number of benzene rings is 1. The first-order valence-electron chi connectivity index (χ1n) is 7.44. The molecule has 0 amide bonds. The normalized spacial score (nSPS) is 36.3. The summed E-state index contributed by atoms with van der Waals surface area (Å²) in [5, 5.41) is 51.3. The number of fused-ring (bicyclic) bond motifs is 2. The average Bonchev–Trinajstić information content (AvgIpc) is 2.48. The Labute approximate surface area is 132 Å². The Morgan fingerprint density at radius 1 is 1.30 bits per heavy atom. The maximum atomic E-state index is 12.7. The molecule has 1 fully saturated rings. The molecule has 0 aromatic heterocycles. The zero-order valence-corrected chi connectivity index (χ0v) is 12.9. The van der Waals surface area contributed by atoms with Gasteiger partial charge >= 0.3 is 0 Å². The number of phenolic OH excluding ortho intramolecular Hbond substituents is 2. The van der Waals surface area contributed by atoms with Gasteiger partial charge in [-0.3, -0.25) is 4.79 Å². The van der Waals surface area contributed by atoms with Gasteiger partial charge in [0.05, 0.1) is 30.5 Å². The Morgan fingerprint density at radius 2 is 1.96 bits per heavy atom. The number of carbonyl (C=O) groups excluding carboxylic acids is 1. The number of hydrogen-bond donors (Lipinski definition) is 5. The number of aliphatic hydroxyl groups is 3. The summed E-state index contributed by atoms with van der Waals surface area (Å²) in [6.07, 6.45) is -2.37. The lowest BCUT2D eigenvalue weighted by atomic mass is 9.62. The second-order valence-corrected chi connectivity index (χ2v) is 6.63. The first-order chi connectivity index (χ1) is 10.7. The van der Waals surface area contributed by atoms with Crippen molar-refractivity contribution < 1.29 is 35.1 Å². The molecule has 7 heteroatoms. The van der Waals surface area contributed by atoms with Crippen molar-refractivity contribution in [3.63, 3.8) is 0 Å². The van der Waals surface area contributed by atoms with E-state index in [2.05, 4.69) is 0 Å². The maximum Gasteiger partial charge on any atom is 0.170 e. The second-order valence-electron chi connectivity index (χ2n) is 6.63. The van der Waals surface area contributed by atoms with Crippen molar-refractivity contribution in [3.05, 3.63) is 17.2 Å². The molecule has 3 rings (SSSR count). The topological polar surface area (TPSA) is 127 Å². The molecule has 3 unspecified atom stereocenters. The molecule has 0 spiro atoms. The van der Waals surface area contributed by atoms with Gasteiger partial charge in [0.1, 0.15) is 5.75 Å². The van der Waals surface area contributed by atoms with Crippen molar-refractivity contribution in [2.75, 3.05) is 7.11 Å². The third-order valence-electron chi connectivity index (χ3n) is 5.15. The lowest BCUT2D eigenvalue weighted by Gasteiger charge is -2.46. The van der Waals surface area contributed by atoms with Gasteiger partial charge in [-0.1, -0.05) is 0 Å². The fraction of sp³-hybridized carbons (Fsp3) is 0.562. The van der Waals surface area contributed by atoms with E-state index in [4.69, 9.17) is 4.74 Å². The number of ketones is 1. The Balaban J connectivity index is 2.17. The highest BCUT2D eigenvalue weighted by atomic mass is 16.5. The number of ether oxygens (including phenoxy) is 1. The first-order valence-corrected chi connectivity index (χ1v) is 7.44. The molecule has 2 aliphatic carbocycles. The zero-order valence-electron chi connectivity index (χ0n) is 12.9. The number of phenols is 2. The van der Waals surface area contributed by atoms with Crippen LogP contribution in [0.1, 0.15) is 41.8 Å². The highest BCUT2D eigenvalue weighted by Crippen LogP contribution is 2.54. The van der Waals surface area contributed by atoms with Gasteiger partial charge in [-0.15, -0.1) is 0 Å². The van der Waals surface area contributed by atoms with E-state index in [1.54, 1.807) is 0 Å². The number of carbonyl (C=O) groups is 1. The smallest absolute Gasteiger partial charge is 0.170 e. The van der Waals surface area contributed by atoms with E-state index in [0.29, 0.717) is 0 Å². The lowest BCUT2D eigenvalue weighted by molar-refractivity contribution is -0.131. The molecule has 2 aliphatic rings. The Bertz CT molecular complexity index is 667. The minimum Gasteiger partial charge on any atom is -0.507 e. The van der Waals surface area contributed by atoms with E-state index < -0.39 is 41.2 Å². The van der Waals surface area contributed by atoms with Crippen LogP contribution >= 0.6 is 0 Å². The number of methoxy groups -OCH3 is 1. The van der Waals surface area contributed by atoms with Crippen LogP contribution in [0.25, 0.3) is 0 Å². The number of aromatic hydroxyl groups is 2. The van der Waals surface area contributed by atoms with Crippen LogP contribution in [-0.2, 0) is 0 Å². The number of aliphatic hydroxyl groups excluding tert-OH is 2. The third-order valence-corrected chi connectivity index (χ3v) is 5.15. The van der Waals surface area contributed by atoms with Crippen LogP contribution in [0, 0.1) is 11.8 Å². The van der Waals surface area contributed by atoms with Gasteiger partial charge in [0.2, 0.25) is 0 Å². The predicted octanol–water partition coefficient (Wildman–Crippen LogP) is 0.474. The molecule has 1 aromatic rings. The van der Waals surface area contributed by atoms with E-state index >= 15 is 0 Å². The van der Waals surface area contributed by atoms with Gasteiger partial charge in [0.25, 0.3) is 0 Å². The molecule has 5 N–H and O–H groups in total. The van der Waals surface area contributed by atoms with Crippen molar-refractivity contribution >= 4 is 5.78 Å². The van der Waals surface area contributed by atoms with Crippen LogP contribution in [0.2, 0.25) is 0 Å². The van der Waals surface area contributed by atoms with Gasteiger partial charge in [0.15, 0.2) is 17.3 Å². The van der Waals surface area contributed by atoms with E-state index in [0.717, 1.165) is 6.07 Å². The molecule has 0 radical (unpaired) electrons. The van der Waals surface area contributed by atoms with Gasteiger partial charge in [0, 0.05) is 23.5 Å². The van der Waals surface area contributed by atoms with Gasteiger partial charge in [-0.25, -0.2) is 0 Å². The minimum absolute atomic E-state index is 0.00257. The Hall–Kier alpha value is -1.83. The standard InChI is InChI=1S/C16H20O7/c1-16(22)5-7-6(3-10(16)18)13(19)11-8(17)4-9(23-2)15(21)12(11)14(7)20/h4,6-7,10,14,17-18,20-22H,3,5H2,1-2H3/t6?,7?,10-,14?,16+/m1/s1. The van der Waals surface area contributed by atoms with Gasteiger partial charge < -0.3 is 30.3 Å². The molecular weight excluding hydrogens is 304 g/mol. The fourth-order valence-corrected chi connectivity index (χ4v) is 3.81. The number of rotatable bonds is 1. The molecule has 0 heterocycles. The van der Waals surface area contributed by atoms with Crippen LogP contribution in [0.5, 0.6) is 17.2 Å². The largest absolute Gasteiger partial charge is 0.507 e. The van der Waals surface area contributed by atoms with Crippen molar-refractivity contribution in [1.29, 1.82) is 0 Å². The minimum atomic E-state index is -1.43. The van der Waals surface area contributed by atoms with Gasteiger partial charge in [-0.05, 0) is 19.8 Å². The van der Waals surface area contributed by atoms with E-state index in [1.165, 1.54) is 14.0 Å². The summed E-state index contributed by atoms with van der Waals surface area (Å²) in [7, 11) is 1.29. The number of Topliss-reactive ketones (excluding diaryl/α,β-unsaturated/α-hetero) is 1. The summed E-state index contributed by atoms with van der Waals surface area (Å²) in [5.41, 5.74) is -1.66. The molecule has 0 saturated heterocycles. The summed E-state index contributed by atoms with van der Waals surface area (Å²) >= 11 is 0. The predicted molar refractivity (Wildman–Crippen MR) is 78.5 cm³/mol. The fourth-order valence-electron chi connectivity index (χ4n) is 3.81. The molecule has 1 aromatic carbocycles. The molecular formula is C16H20O7. The van der Waals surface area contributed by atoms with Crippen LogP contribution in [-0.4, -0.2) is 50.1 Å². The van der Waals surface area contributed by atoms with Crippen LogP contribution in [0.3, 0.4) is 0 Å². The molecule has 23 heavy (non-hydrogen) atoms. The monoisotopic (exact) mass is 324 g/mol. The quantitative estimate of drug-likeness (QED) is 0.475. The highest BCUT2D eigenvalue weighted by Gasteiger charge is 2.53. The molecule has 0 bridgehead atoms. The molecule has 7 nitrogen and oxygen atoms in total. The van der Waals surface area contributed by atoms with Crippen molar-refractivity contribution in [2.45, 2.75) is 37.6 Å². The zero-order chi connectivity index (χ0) is 17.1. The summed E-state index contributed by atoms with van der Waals surface area (Å²) in [6.45, 7) is 1.45. The van der Waals surface area contributed by atoms with Crippen molar-refractivity contribution in [3.8, 4) is 17.2 Å². The lowest BCUT2D eigenvalue weighted by Crippen LogP contribution is -2.52. The molecule has 0 aliphatic heterocycles. The second kappa shape index (κ2) is 5.09. The molecule has 1 saturated carbocycles. The SMILES string of the molecule is COc1cc(O)c2c(c1O)C(O)C1C[C@](C)(O)[C@H](O)CC1C2=O. The van der Waals surface area contributed by atoms with Gasteiger partial charge in [-0.2, -0.15) is 0 Å². The van der Waals surface area contributed by atoms with E-state index in [-0.39, 0.29) is 35.5 Å². The maximum absolute atomic E-state index is 12.7. The summed E-state index contributed by atoms with van der Waals surface area (Å²) in [5.74, 6) is -2.68. The van der Waals surface area contributed by atoms with E-state index in [9.17, 15) is 30.3 Å².